The molecule has 6 heteroatoms. The standard InChI is InChI=1S/C15H22N6/c1-5-16-13-17-14(20(3)4)19-15(18-13)21(6-2)12-10-8-7-9-11-12/h7-11H,5-6H2,1-4H3,(H,16,17,18,19). The van der Waals surface area contributed by atoms with Gasteiger partial charge in [0.1, 0.15) is 0 Å². The fourth-order valence-corrected chi connectivity index (χ4v) is 1.96. The molecule has 0 aliphatic carbocycles. The zero-order valence-corrected chi connectivity index (χ0v) is 13.0. The van der Waals surface area contributed by atoms with Gasteiger partial charge in [-0.2, -0.15) is 15.0 Å². The first kappa shape index (κ1) is 15.0. The highest BCUT2D eigenvalue weighted by Crippen LogP contribution is 2.23. The van der Waals surface area contributed by atoms with Crippen LogP contribution in [-0.4, -0.2) is 42.1 Å². The van der Waals surface area contributed by atoms with Crippen molar-refractivity contribution in [3.05, 3.63) is 30.3 Å². The highest BCUT2D eigenvalue weighted by molar-refractivity contribution is 5.59. The first-order chi connectivity index (χ1) is 10.2. The van der Waals surface area contributed by atoms with Crippen LogP contribution in [0.15, 0.2) is 30.3 Å². The smallest absolute Gasteiger partial charge is 0.236 e. The van der Waals surface area contributed by atoms with E-state index in [0.29, 0.717) is 17.8 Å². The number of nitrogens with zero attached hydrogens (tertiary/aromatic N) is 5. The fraction of sp³-hybridized carbons (Fsp3) is 0.400. The van der Waals surface area contributed by atoms with Gasteiger partial charge in [0.05, 0.1) is 0 Å². The zero-order valence-electron chi connectivity index (χ0n) is 13.0. The molecule has 0 aliphatic rings. The van der Waals surface area contributed by atoms with E-state index >= 15 is 0 Å². The molecule has 6 nitrogen and oxygen atoms in total. The topological polar surface area (TPSA) is 57.2 Å². The highest BCUT2D eigenvalue weighted by atomic mass is 15.3. The summed E-state index contributed by atoms with van der Waals surface area (Å²) < 4.78 is 0. The third kappa shape index (κ3) is 3.59. The van der Waals surface area contributed by atoms with Crippen molar-refractivity contribution < 1.29 is 0 Å². The minimum atomic E-state index is 0.598. The van der Waals surface area contributed by atoms with Gasteiger partial charge < -0.3 is 15.1 Å². The number of anilines is 4. The third-order valence-corrected chi connectivity index (χ3v) is 2.97. The summed E-state index contributed by atoms with van der Waals surface area (Å²) in [5.41, 5.74) is 1.07. The third-order valence-electron chi connectivity index (χ3n) is 2.97. The summed E-state index contributed by atoms with van der Waals surface area (Å²) >= 11 is 0. The van der Waals surface area contributed by atoms with Gasteiger partial charge >= 0.3 is 0 Å². The molecular weight excluding hydrogens is 264 g/mol. The van der Waals surface area contributed by atoms with E-state index < -0.39 is 0 Å². The Labute approximate surface area is 125 Å². The molecule has 0 radical (unpaired) electrons. The lowest BCUT2D eigenvalue weighted by Crippen LogP contribution is -2.22. The van der Waals surface area contributed by atoms with E-state index in [1.807, 2.05) is 44.1 Å². The summed E-state index contributed by atoms with van der Waals surface area (Å²) in [6, 6.07) is 10.1. The maximum atomic E-state index is 4.55. The molecule has 21 heavy (non-hydrogen) atoms. The molecule has 1 aromatic heterocycles. The Kier molecular flexibility index (Phi) is 4.92. The van der Waals surface area contributed by atoms with Crippen LogP contribution >= 0.6 is 0 Å². The Morgan fingerprint density at radius 1 is 0.952 bits per heavy atom. The average Bonchev–Trinajstić information content (AvgIpc) is 2.49. The summed E-state index contributed by atoms with van der Waals surface area (Å²) in [5.74, 6) is 1.89. The minimum Gasteiger partial charge on any atom is -0.354 e. The van der Waals surface area contributed by atoms with Crippen LogP contribution in [0.25, 0.3) is 0 Å². The molecule has 0 atom stereocenters. The Morgan fingerprint density at radius 3 is 2.19 bits per heavy atom. The van der Waals surface area contributed by atoms with Crippen LogP contribution in [0.3, 0.4) is 0 Å². The zero-order chi connectivity index (χ0) is 15.2. The van der Waals surface area contributed by atoms with Crippen LogP contribution < -0.4 is 15.1 Å². The number of hydrogen-bond donors (Lipinski definition) is 1. The van der Waals surface area contributed by atoms with Crippen molar-refractivity contribution in [1.82, 2.24) is 15.0 Å². The van der Waals surface area contributed by atoms with E-state index in [9.17, 15) is 0 Å². The van der Waals surface area contributed by atoms with Crippen molar-refractivity contribution in [3.8, 4) is 0 Å². The molecule has 2 aromatic rings. The molecule has 2 rings (SSSR count). The average molecular weight is 286 g/mol. The van der Waals surface area contributed by atoms with E-state index in [2.05, 4.69) is 44.2 Å². The lowest BCUT2D eigenvalue weighted by molar-refractivity contribution is 0.893. The van der Waals surface area contributed by atoms with Gasteiger partial charge in [-0.1, -0.05) is 18.2 Å². The molecule has 0 aliphatic heterocycles. The monoisotopic (exact) mass is 286 g/mol. The maximum absolute atomic E-state index is 4.55. The van der Waals surface area contributed by atoms with Crippen LogP contribution in [0.4, 0.5) is 23.5 Å². The molecule has 112 valence electrons. The minimum absolute atomic E-state index is 0.598. The van der Waals surface area contributed by atoms with Crippen LogP contribution in [-0.2, 0) is 0 Å². The summed E-state index contributed by atoms with van der Waals surface area (Å²) in [6.45, 7) is 5.66. The Balaban J connectivity index is 2.44. The first-order valence-corrected chi connectivity index (χ1v) is 7.15. The van der Waals surface area contributed by atoms with Crippen LogP contribution in [0.2, 0.25) is 0 Å². The molecule has 0 unspecified atom stereocenters. The van der Waals surface area contributed by atoms with E-state index in [1.54, 1.807) is 0 Å². The van der Waals surface area contributed by atoms with Gasteiger partial charge in [-0.3, -0.25) is 0 Å². The van der Waals surface area contributed by atoms with Crippen LogP contribution in [0.5, 0.6) is 0 Å². The van der Waals surface area contributed by atoms with Gasteiger partial charge in [-0.25, -0.2) is 0 Å². The van der Waals surface area contributed by atoms with Gasteiger partial charge in [0.15, 0.2) is 0 Å². The molecule has 1 heterocycles. The van der Waals surface area contributed by atoms with Gasteiger partial charge in [0.2, 0.25) is 17.8 Å². The SMILES string of the molecule is CCNc1nc(N(C)C)nc(N(CC)c2ccccc2)n1. The van der Waals surface area contributed by atoms with Crippen molar-refractivity contribution >= 4 is 23.5 Å². The first-order valence-electron chi connectivity index (χ1n) is 7.15. The number of hydrogen-bond acceptors (Lipinski definition) is 6. The van der Waals surface area contributed by atoms with E-state index in [1.165, 1.54) is 0 Å². The summed E-state index contributed by atoms with van der Waals surface area (Å²) in [6.07, 6.45) is 0. The van der Waals surface area contributed by atoms with Gasteiger partial charge in [0, 0.05) is 32.9 Å². The van der Waals surface area contributed by atoms with Crippen LogP contribution in [0.1, 0.15) is 13.8 Å². The van der Waals surface area contributed by atoms with E-state index in [0.717, 1.165) is 18.8 Å². The molecule has 0 fully saturated rings. The summed E-state index contributed by atoms with van der Waals surface area (Å²) in [7, 11) is 3.85. The highest BCUT2D eigenvalue weighted by Gasteiger charge is 2.14. The Morgan fingerprint density at radius 2 is 1.62 bits per heavy atom. The summed E-state index contributed by atoms with van der Waals surface area (Å²) in [5, 5.41) is 3.16. The lowest BCUT2D eigenvalue weighted by Gasteiger charge is -2.22. The van der Waals surface area contributed by atoms with Crippen molar-refractivity contribution in [2.75, 3.05) is 42.3 Å². The molecule has 0 saturated heterocycles. The maximum Gasteiger partial charge on any atom is 0.236 e. The predicted molar refractivity (Wildman–Crippen MR) is 87.4 cm³/mol. The van der Waals surface area contributed by atoms with Crippen molar-refractivity contribution in [2.45, 2.75) is 13.8 Å². The number of rotatable bonds is 6. The van der Waals surface area contributed by atoms with Crippen molar-refractivity contribution in [2.24, 2.45) is 0 Å². The molecule has 0 amide bonds. The van der Waals surface area contributed by atoms with Gasteiger partial charge in [-0.05, 0) is 26.0 Å². The van der Waals surface area contributed by atoms with Gasteiger partial charge in [0.25, 0.3) is 0 Å². The quantitative estimate of drug-likeness (QED) is 0.880. The molecule has 1 aromatic carbocycles. The molecular formula is C15H22N6. The number of aromatic nitrogens is 3. The second-order valence-corrected chi connectivity index (χ2v) is 4.76. The molecule has 1 N–H and O–H groups in total. The second-order valence-electron chi connectivity index (χ2n) is 4.76. The largest absolute Gasteiger partial charge is 0.354 e. The lowest BCUT2D eigenvalue weighted by atomic mass is 10.3. The number of para-hydroxylation sites is 1. The molecule has 0 spiro atoms. The Hall–Kier alpha value is -2.37. The Bertz CT molecular complexity index is 570. The number of nitrogens with one attached hydrogen (secondary N) is 1. The van der Waals surface area contributed by atoms with Crippen molar-refractivity contribution in [1.29, 1.82) is 0 Å². The summed E-state index contributed by atoms with van der Waals surface area (Å²) in [4.78, 5) is 17.4. The second kappa shape index (κ2) is 6.88. The van der Waals surface area contributed by atoms with E-state index in [4.69, 9.17) is 0 Å². The fourth-order valence-electron chi connectivity index (χ4n) is 1.96. The van der Waals surface area contributed by atoms with Crippen molar-refractivity contribution in [3.63, 3.8) is 0 Å². The number of benzene rings is 1. The normalized spacial score (nSPS) is 10.3. The molecule has 0 bridgehead atoms. The molecule has 0 saturated carbocycles. The van der Waals surface area contributed by atoms with Gasteiger partial charge in [-0.15, -0.1) is 0 Å². The predicted octanol–water partition coefficient (Wildman–Crippen LogP) is 2.53. The van der Waals surface area contributed by atoms with Crippen LogP contribution in [0, 0.1) is 0 Å². The van der Waals surface area contributed by atoms with E-state index in [-0.39, 0.29) is 0 Å².